The Morgan fingerprint density at radius 3 is 2.63 bits per heavy atom. The molecule has 0 spiro atoms. The summed E-state index contributed by atoms with van der Waals surface area (Å²) in [6.07, 6.45) is 8.73. The van der Waals surface area contributed by atoms with E-state index < -0.39 is 0 Å². The summed E-state index contributed by atoms with van der Waals surface area (Å²) in [5.41, 5.74) is 10.7. The van der Waals surface area contributed by atoms with Crippen molar-refractivity contribution < 1.29 is 4.39 Å². The lowest BCUT2D eigenvalue weighted by molar-refractivity contribution is 0.444. The van der Waals surface area contributed by atoms with Gasteiger partial charge in [-0.05, 0) is 73.6 Å². The van der Waals surface area contributed by atoms with Crippen LogP contribution in [0.1, 0.15) is 56.4 Å². The van der Waals surface area contributed by atoms with Crippen LogP contribution in [-0.2, 0) is 0 Å². The lowest BCUT2D eigenvalue weighted by atomic mass is 9.83. The molecule has 0 radical (unpaired) electrons. The van der Waals surface area contributed by atoms with E-state index in [1.165, 1.54) is 43.7 Å². The highest BCUT2D eigenvalue weighted by Crippen LogP contribution is 2.37. The van der Waals surface area contributed by atoms with Crippen molar-refractivity contribution in [2.75, 3.05) is 29.0 Å². The second-order valence-corrected chi connectivity index (χ2v) is 8.09. The van der Waals surface area contributed by atoms with Crippen molar-refractivity contribution in [3.05, 3.63) is 53.8 Å². The molecule has 2 aliphatic rings. The third-order valence-corrected chi connectivity index (χ3v) is 6.10. The quantitative estimate of drug-likeness (QED) is 0.698. The number of anilines is 3. The zero-order valence-electron chi connectivity index (χ0n) is 16.0. The Morgan fingerprint density at radius 1 is 0.963 bits per heavy atom. The van der Waals surface area contributed by atoms with Gasteiger partial charge in [-0.25, -0.2) is 4.39 Å². The first-order valence-corrected chi connectivity index (χ1v) is 10.4. The molecule has 1 heterocycles. The number of nitrogens with two attached hydrogens (primary N) is 1. The van der Waals surface area contributed by atoms with Gasteiger partial charge in [0.15, 0.2) is 0 Å². The number of hydrogen-bond acceptors (Lipinski definition) is 3. The molecule has 1 atom stereocenters. The van der Waals surface area contributed by atoms with Crippen LogP contribution >= 0.6 is 0 Å². The van der Waals surface area contributed by atoms with Gasteiger partial charge in [0.25, 0.3) is 0 Å². The van der Waals surface area contributed by atoms with Crippen LogP contribution in [0.4, 0.5) is 21.5 Å². The smallest absolute Gasteiger partial charge is 0.125 e. The average molecular weight is 368 g/mol. The fourth-order valence-electron chi connectivity index (χ4n) is 4.67. The summed E-state index contributed by atoms with van der Waals surface area (Å²) in [5.74, 6) is 0.439. The van der Waals surface area contributed by atoms with E-state index in [2.05, 4.69) is 28.4 Å². The summed E-state index contributed by atoms with van der Waals surface area (Å²) < 4.78 is 13.6. The first-order valence-electron chi connectivity index (χ1n) is 10.4. The van der Waals surface area contributed by atoms with E-state index in [0.717, 1.165) is 43.0 Å². The summed E-state index contributed by atoms with van der Waals surface area (Å²) in [6.45, 7) is 1.88. The molecule has 2 fully saturated rings. The molecule has 1 saturated heterocycles. The Morgan fingerprint density at radius 2 is 1.81 bits per heavy atom. The maximum atomic E-state index is 13.6. The number of piperidine rings is 1. The zero-order chi connectivity index (χ0) is 18.6. The molecule has 4 heteroatoms. The minimum absolute atomic E-state index is 0.168. The summed E-state index contributed by atoms with van der Waals surface area (Å²) in [5, 5.41) is 3.71. The minimum atomic E-state index is -0.168. The molecule has 3 nitrogen and oxygen atoms in total. The van der Waals surface area contributed by atoms with Crippen molar-refractivity contribution in [2.45, 2.75) is 56.9 Å². The molecule has 2 aromatic carbocycles. The molecule has 2 aromatic rings. The molecule has 1 aliphatic carbocycles. The number of rotatable bonds is 4. The molecule has 0 amide bonds. The molecule has 3 N–H and O–H groups in total. The largest absolute Gasteiger partial charge is 0.398 e. The number of hydrogen-bond donors (Lipinski definition) is 2. The molecule has 1 unspecified atom stereocenters. The van der Waals surface area contributed by atoms with E-state index in [9.17, 15) is 4.39 Å². The topological polar surface area (TPSA) is 41.3 Å². The lowest BCUT2D eigenvalue weighted by Gasteiger charge is -2.35. The van der Waals surface area contributed by atoms with Gasteiger partial charge in [0.1, 0.15) is 5.82 Å². The van der Waals surface area contributed by atoms with Gasteiger partial charge >= 0.3 is 0 Å². The average Bonchev–Trinajstić information content (AvgIpc) is 2.70. The van der Waals surface area contributed by atoms with E-state index in [1.54, 1.807) is 12.1 Å². The van der Waals surface area contributed by atoms with Crippen LogP contribution in [0.2, 0.25) is 0 Å². The van der Waals surface area contributed by atoms with Gasteiger partial charge in [-0.15, -0.1) is 0 Å². The highest BCUT2D eigenvalue weighted by Gasteiger charge is 2.22. The fraction of sp³-hybridized carbons (Fsp3) is 0.478. The van der Waals surface area contributed by atoms with Crippen LogP contribution in [0.5, 0.6) is 0 Å². The van der Waals surface area contributed by atoms with Crippen molar-refractivity contribution in [1.29, 1.82) is 0 Å². The first-order chi connectivity index (χ1) is 13.2. The van der Waals surface area contributed by atoms with Gasteiger partial charge in [0.2, 0.25) is 0 Å². The van der Waals surface area contributed by atoms with Crippen LogP contribution in [0.3, 0.4) is 0 Å². The van der Waals surface area contributed by atoms with Crippen molar-refractivity contribution in [3.63, 3.8) is 0 Å². The van der Waals surface area contributed by atoms with Crippen LogP contribution < -0.4 is 16.0 Å². The number of benzene rings is 2. The Bertz CT molecular complexity index is 770. The van der Waals surface area contributed by atoms with Gasteiger partial charge in [0.05, 0.1) is 0 Å². The Labute approximate surface area is 161 Å². The molecule has 27 heavy (non-hydrogen) atoms. The minimum Gasteiger partial charge on any atom is -0.398 e. The normalized spacial score (nSPS) is 21.2. The monoisotopic (exact) mass is 367 g/mol. The SMILES string of the molecule is Nc1ccc(NC2CCCN(c3cccc(F)c3)C2)cc1C1CCCCC1. The van der Waals surface area contributed by atoms with Gasteiger partial charge < -0.3 is 16.0 Å². The summed E-state index contributed by atoms with van der Waals surface area (Å²) in [7, 11) is 0. The van der Waals surface area contributed by atoms with E-state index in [1.807, 2.05) is 6.07 Å². The van der Waals surface area contributed by atoms with E-state index >= 15 is 0 Å². The molecule has 1 saturated carbocycles. The summed E-state index contributed by atoms with van der Waals surface area (Å²) >= 11 is 0. The molecular formula is C23H30FN3. The molecule has 4 rings (SSSR count). The second-order valence-electron chi connectivity index (χ2n) is 8.09. The number of nitrogens with zero attached hydrogens (tertiary/aromatic N) is 1. The van der Waals surface area contributed by atoms with Crippen molar-refractivity contribution in [3.8, 4) is 0 Å². The Kier molecular flexibility index (Phi) is 5.51. The number of halogens is 1. The third kappa shape index (κ3) is 4.37. The van der Waals surface area contributed by atoms with E-state index in [4.69, 9.17) is 5.73 Å². The van der Waals surface area contributed by atoms with Crippen LogP contribution in [-0.4, -0.2) is 19.1 Å². The van der Waals surface area contributed by atoms with Crippen LogP contribution in [0.25, 0.3) is 0 Å². The summed E-state index contributed by atoms with van der Waals surface area (Å²) in [4.78, 5) is 2.28. The third-order valence-electron chi connectivity index (χ3n) is 6.10. The molecule has 144 valence electrons. The van der Waals surface area contributed by atoms with Gasteiger partial charge in [-0.3, -0.25) is 0 Å². The Balaban J connectivity index is 1.45. The number of nitrogens with one attached hydrogen (secondary N) is 1. The number of nitrogen functional groups attached to an aromatic ring is 1. The van der Waals surface area contributed by atoms with Crippen LogP contribution in [0, 0.1) is 5.82 Å². The maximum absolute atomic E-state index is 13.6. The predicted molar refractivity (Wildman–Crippen MR) is 112 cm³/mol. The highest BCUT2D eigenvalue weighted by atomic mass is 19.1. The lowest BCUT2D eigenvalue weighted by Crippen LogP contribution is -2.42. The molecular weight excluding hydrogens is 337 g/mol. The van der Waals surface area contributed by atoms with E-state index in [0.29, 0.717) is 12.0 Å². The summed E-state index contributed by atoms with van der Waals surface area (Å²) in [6, 6.07) is 13.7. The molecule has 0 bridgehead atoms. The zero-order valence-corrected chi connectivity index (χ0v) is 16.0. The molecule has 0 aromatic heterocycles. The van der Waals surface area contributed by atoms with Crippen LogP contribution in [0.15, 0.2) is 42.5 Å². The first kappa shape index (κ1) is 18.1. The van der Waals surface area contributed by atoms with Crippen molar-refractivity contribution >= 4 is 17.1 Å². The van der Waals surface area contributed by atoms with Gasteiger partial charge in [0, 0.05) is 36.2 Å². The second kappa shape index (κ2) is 8.20. The van der Waals surface area contributed by atoms with Gasteiger partial charge in [-0.2, -0.15) is 0 Å². The molecule has 1 aliphatic heterocycles. The van der Waals surface area contributed by atoms with E-state index in [-0.39, 0.29) is 5.82 Å². The highest BCUT2D eigenvalue weighted by molar-refractivity contribution is 5.59. The van der Waals surface area contributed by atoms with Crippen molar-refractivity contribution in [1.82, 2.24) is 0 Å². The fourth-order valence-corrected chi connectivity index (χ4v) is 4.67. The van der Waals surface area contributed by atoms with Crippen molar-refractivity contribution in [2.24, 2.45) is 0 Å². The predicted octanol–water partition coefficient (Wildman–Crippen LogP) is 5.54. The Hall–Kier alpha value is -2.23. The maximum Gasteiger partial charge on any atom is 0.125 e. The van der Waals surface area contributed by atoms with Gasteiger partial charge in [-0.1, -0.05) is 25.3 Å². The standard InChI is InChI=1S/C23H30FN3/c24-18-8-4-10-21(14-18)27-13-5-9-20(16-27)26-19-11-12-23(25)22(15-19)17-6-2-1-3-7-17/h4,8,10-12,14-15,17,20,26H,1-3,5-7,9,13,16,25H2.